The molecule has 0 atom stereocenters. The van der Waals surface area contributed by atoms with Gasteiger partial charge in [0, 0.05) is 22.5 Å². The molecule has 2 heterocycles. The van der Waals surface area contributed by atoms with Crippen molar-refractivity contribution >= 4 is 33.4 Å². The standard InChI is InChI=1S/C12H9ClN2/c1-7-3-2-4-9-10(7)8-5-6-14-12(13)11(8)15-9/h2-6,15H,1H3. The monoisotopic (exact) mass is 216 g/mol. The molecule has 74 valence electrons. The van der Waals surface area contributed by atoms with Crippen LogP contribution in [-0.4, -0.2) is 9.97 Å². The fourth-order valence-electron chi connectivity index (χ4n) is 2.03. The van der Waals surface area contributed by atoms with E-state index in [9.17, 15) is 0 Å². The smallest absolute Gasteiger partial charge is 0.153 e. The van der Waals surface area contributed by atoms with Gasteiger partial charge in [0.05, 0.1) is 5.52 Å². The van der Waals surface area contributed by atoms with Gasteiger partial charge in [0.1, 0.15) is 0 Å². The van der Waals surface area contributed by atoms with Crippen LogP contribution in [0.15, 0.2) is 30.5 Å². The second kappa shape index (κ2) is 2.97. The van der Waals surface area contributed by atoms with Crippen LogP contribution in [0.4, 0.5) is 0 Å². The zero-order chi connectivity index (χ0) is 10.4. The Balaban J connectivity index is 2.65. The Labute approximate surface area is 91.9 Å². The average molecular weight is 217 g/mol. The lowest BCUT2D eigenvalue weighted by Crippen LogP contribution is -1.75. The van der Waals surface area contributed by atoms with Crippen LogP contribution < -0.4 is 0 Å². The normalized spacial score (nSPS) is 11.3. The minimum Gasteiger partial charge on any atom is -0.352 e. The second-order valence-electron chi connectivity index (χ2n) is 3.65. The van der Waals surface area contributed by atoms with Gasteiger partial charge >= 0.3 is 0 Å². The average Bonchev–Trinajstić information content (AvgIpc) is 2.59. The molecule has 0 unspecified atom stereocenters. The number of pyridine rings is 1. The molecule has 0 spiro atoms. The fourth-order valence-corrected chi connectivity index (χ4v) is 2.23. The van der Waals surface area contributed by atoms with Gasteiger partial charge in [-0.1, -0.05) is 23.7 Å². The van der Waals surface area contributed by atoms with Gasteiger partial charge in [0.25, 0.3) is 0 Å². The zero-order valence-electron chi connectivity index (χ0n) is 8.21. The zero-order valence-corrected chi connectivity index (χ0v) is 8.97. The Morgan fingerprint density at radius 3 is 3.00 bits per heavy atom. The molecule has 0 aliphatic heterocycles. The third-order valence-corrected chi connectivity index (χ3v) is 2.99. The molecule has 3 aromatic rings. The van der Waals surface area contributed by atoms with Crippen molar-refractivity contribution in [2.45, 2.75) is 6.92 Å². The maximum Gasteiger partial charge on any atom is 0.153 e. The van der Waals surface area contributed by atoms with Crippen molar-refractivity contribution < 1.29 is 0 Å². The van der Waals surface area contributed by atoms with Crippen molar-refractivity contribution in [2.75, 3.05) is 0 Å². The highest BCUT2D eigenvalue weighted by Crippen LogP contribution is 2.30. The van der Waals surface area contributed by atoms with E-state index >= 15 is 0 Å². The lowest BCUT2D eigenvalue weighted by molar-refractivity contribution is 1.35. The molecule has 15 heavy (non-hydrogen) atoms. The number of aryl methyl sites for hydroxylation is 1. The maximum absolute atomic E-state index is 6.04. The Morgan fingerprint density at radius 2 is 2.13 bits per heavy atom. The van der Waals surface area contributed by atoms with Crippen LogP contribution in [0.25, 0.3) is 21.8 Å². The Hall–Kier alpha value is -1.54. The third-order valence-electron chi connectivity index (χ3n) is 2.71. The number of H-pyrrole nitrogens is 1. The summed E-state index contributed by atoms with van der Waals surface area (Å²) in [5, 5.41) is 2.91. The number of hydrogen-bond donors (Lipinski definition) is 1. The molecule has 1 N–H and O–H groups in total. The molecule has 0 aliphatic rings. The summed E-state index contributed by atoms with van der Waals surface area (Å²) in [5.41, 5.74) is 3.28. The van der Waals surface area contributed by atoms with Crippen LogP contribution in [0.1, 0.15) is 5.56 Å². The van der Waals surface area contributed by atoms with Crippen LogP contribution in [0.5, 0.6) is 0 Å². The molecule has 3 heteroatoms. The summed E-state index contributed by atoms with van der Waals surface area (Å²) >= 11 is 6.04. The fraction of sp³-hybridized carbons (Fsp3) is 0.0833. The molecule has 0 fully saturated rings. The number of rotatable bonds is 0. The van der Waals surface area contributed by atoms with E-state index in [2.05, 4.69) is 29.0 Å². The SMILES string of the molecule is Cc1cccc2[nH]c3c(Cl)nccc3c12. The van der Waals surface area contributed by atoms with Gasteiger partial charge in [-0.25, -0.2) is 4.98 Å². The molecule has 2 aromatic heterocycles. The van der Waals surface area contributed by atoms with Gasteiger partial charge in [-0.2, -0.15) is 0 Å². The lowest BCUT2D eigenvalue weighted by Gasteiger charge is -1.95. The van der Waals surface area contributed by atoms with E-state index in [4.69, 9.17) is 11.6 Å². The van der Waals surface area contributed by atoms with E-state index < -0.39 is 0 Å². The van der Waals surface area contributed by atoms with Crippen molar-refractivity contribution in [2.24, 2.45) is 0 Å². The van der Waals surface area contributed by atoms with Crippen LogP contribution in [0.3, 0.4) is 0 Å². The molecule has 0 saturated carbocycles. The first-order valence-electron chi connectivity index (χ1n) is 4.79. The van der Waals surface area contributed by atoms with E-state index in [1.165, 1.54) is 10.9 Å². The van der Waals surface area contributed by atoms with Crippen molar-refractivity contribution in [3.63, 3.8) is 0 Å². The van der Waals surface area contributed by atoms with Crippen LogP contribution in [0, 0.1) is 6.92 Å². The highest BCUT2D eigenvalue weighted by atomic mass is 35.5. The van der Waals surface area contributed by atoms with Crippen LogP contribution >= 0.6 is 11.6 Å². The number of aromatic nitrogens is 2. The van der Waals surface area contributed by atoms with Crippen molar-refractivity contribution in [3.05, 3.63) is 41.2 Å². The predicted octanol–water partition coefficient (Wildman–Crippen LogP) is 3.68. The summed E-state index contributed by atoms with van der Waals surface area (Å²) in [6.45, 7) is 2.10. The molecule has 0 amide bonds. The Kier molecular flexibility index (Phi) is 1.73. The van der Waals surface area contributed by atoms with Gasteiger partial charge in [-0.15, -0.1) is 0 Å². The molecular weight excluding hydrogens is 208 g/mol. The number of halogens is 1. The highest BCUT2D eigenvalue weighted by molar-refractivity contribution is 6.35. The quantitative estimate of drug-likeness (QED) is 0.571. The molecule has 0 bridgehead atoms. The topological polar surface area (TPSA) is 28.7 Å². The molecule has 2 nitrogen and oxygen atoms in total. The molecule has 3 rings (SSSR count). The van der Waals surface area contributed by atoms with E-state index in [1.54, 1.807) is 6.20 Å². The van der Waals surface area contributed by atoms with E-state index in [0.717, 1.165) is 16.4 Å². The lowest BCUT2D eigenvalue weighted by atomic mass is 10.1. The Morgan fingerprint density at radius 1 is 1.27 bits per heavy atom. The van der Waals surface area contributed by atoms with E-state index in [1.807, 2.05) is 12.1 Å². The first-order valence-corrected chi connectivity index (χ1v) is 5.16. The van der Waals surface area contributed by atoms with Crippen molar-refractivity contribution in [3.8, 4) is 0 Å². The molecule has 1 aromatic carbocycles. The highest BCUT2D eigenvalue weighted by Gasteiger charge is 2.08. The largest absolute Gasteiger partial charge is 0.352 e. The van der Waals surface area contributed by atoms with Crippen molar-refractivity contribution in [1.82, 2.24) is 9.97 Å². The number of hydrogen-bond acceptors (Lipinski definition) is 1. The molecule has 0 radical (unpaired) electrons. The number of fused-ring (bicyclic) bond motifs is 3. The number of benzene rings is 1. The second-order valence-corrected chi connectivity index (χ2v) is 4.00. The third kappa shape index (κ3) is 1.15. The number of nitrogens with one attached hydrogen (secondary N) is 1. The summed E-state index contributed by atoms with van der Waals surface area (Å²) < 4.78 is 0. The molecular formula is C12H9ClN2. The molecule has 0 aliphatic carbocycles. The molecule has 0 saturated heterocycles. The van der Waals surface area contributed by atoms with Gasteiger partial charge in [0.2, 0.25) is 0 Å². The van der Waals surface area contributed by atoms with Gasteiger partial charge < -0.3 is 4.98 Å². The summed E-state index contributed by atoms with van der Waals surface area (Å²) in [7, 11) is 0. The van der Waals surface area contributed by atoms with Crippen LogP contribution in [0.2, 0.25) is 5.15 Å². The van der Waals surface area contributed by atoms with E-state index in [0.29, 0.717) is 5.15 Å². The first kappa shape index (κ1) is 8.74. The minimum absolute atomic E-state index is 0.531. The van der Waals surface area contributed by atoms with Crippen molar-refractivity contribution in [1.29, 1.82) is 0 Å². The number of nitrogens with zero attached hydrogens (tertiary/aromatic N) is 1. The first-order chi connectivity index (χ1) is 7.27. The summed E-state index contributed by atoms with van der Waals surface area (Å²) in [5.74, 6) is 0. The van der Waals surface area contributed by atoms with Crippen LogP contribution in [-0.2, 0) is 0 Å². The van der Waals surface area contributed by atoms with E-state index in [-0.39, 0.29) is 0 Å². The maximum atomic E-state index is 6.04. The summed E-state index contributed by atoms with van der Waals surface area (Å²) in [4.78, 5) is 7.36. The van der Waals surface area contributed by atoms with Gasteiger partial charge in [-0.05, 0) is 24.6 Å². The predicted molar refractivity (Wildman–Crippen MR) is 63.3 cm³/mol. The van der Waals surface area contributed by atoms with Gasteiger partial charge in [-0.3, -0.25) is 0 Å². The van der Waals surface area contributed by atoms with Gasteiger partial charge in [0.15, 0.2) is 5.15 Å². The summed E-state index contributed by atoms with van der Waals surface area (Å²) in [6, 6.07) is 8.18. The minimum atomic E-state index is 0.531. The number of aromatic amines is 1. The Bertz CT molecular complexity index is 655. The summed E-state index contributed by atoms with van der Waals surface area (Å²) in [6.07, 6.45) is 1.74.